The molecule has 1 fully saturated rings. The van der Waals surface area contributed by atoms with Gasteiger partial charge in [0.2, 0.25) is 0 Å². The smallest absolute Gasteiger partial charge is 0.475 e. The van der Waals surface area contributed by atoms with Crippen molar-refractivity contribution in [3.63, 3.8) is 0 Å². The lowest BCUT2D eigenvalue weighted by Crippen LogP contribution is -2.40. The van der Waals surface area contributed by atoms with Gasteiger partial charge >= 0.3 is 12.1 Å². The lowest BCUT2D eigenvalue weighted by atomic mass is 9.99. The van der Waals surface area contributed by atoms with Gasteiger partial charge in [-0.2, -0.15) is 18.3 Å². The predicted molar refractivity (Wildman–Crippen MR) is 105 cm³/mol. The fraction of sp³-hybridized carbons (Fsp3) is 0.476. The van der Waals surface area contributed by atoms with Gasteiger partial charge in [0.25, 0.3) is 5.91 Å². The Kier molecular flexibility index (Phi) is 6.99. The highest BCUT2D eigenvalue weighted by molar-refractivity contribution is 5.81. The molecule has 1 saturated heterocycles. The lowest BCUT2D eigenvalue weighted by Gasteiger charge is -2.23. The molecule has 31 heavy (non-hydrogen) atoms. The van der Waals surface area contributed by atoms with Gasteiger partial charge in [-0.05, 0) is 31.7 Å². The number of nitrogens with zero attached hydrogens (tertiary/aromatic N) is 2. The highest BCUT2D eigenvalue weighted by atomic mass is 19.4. The number of aromatic nitrogens is 2. The number of rotatable bonds is 2. The number of carboxylic acids is 1. The number of aryl methyl sites for hydroxylation is 1. The van der Waals surface area contributed by atoms with E-state index in [4.69, 9.17) is 14.6 Å². The summed E-state index contributed by atoms with van der Waals surface area (Å²) in [6, 6.07) is 8.33. The van der Waals surface area contributed by atoms with E-state index in [1.165, 1.54) is 16.7 Å². The van der Waals surface area contributed by atoms with Crippen LogP contribution in [0.15, 0.2) is 24.3 Å². The minimum absolute atomic E-state index is 0.156. The van der Waals surface area contributed by atoms with Crippen molar-refractivity contribution in [2.45, 2.75) is 44.9 Å². The van der Waals surface area contributed by atoms with Crippen molar-refractivity contribution in [2.75, 3.05) is 19.7 Å². The number of ether oxygens (including phenoxy) is 1. The van der Waals surface area contributed by atoms with Gasteiger partial charge in [-0.25, -0.2) is 4.79 Å². The number of fused-ring (bicyclic) bond motifs is 1. The summed E-state index contributed by atoms with van der Waals surface area (Å²) in [5, 5.41) is 14.9. The number of carboxylic acid groups (broad SMARTS) is 1. The normalized spacial score (nSPS) is 18.6. The number of carbonyl (C=O) groups is 2. The summed E-state index contributed by atoms with van der Waals surface area (Å²) in [5.41, 5.74) is 5.86. The quantitative estimate of drug-likeness (QED) is 0.750. The van der Waals surface area contributed by atoms with Crippen molar-refractivity contribution >= 4 is 11.9 Å². The summed E-state index contributed by atoms with van der Waals surface area (Å²) in [6.45, 7) is 4.30. The summed E-state index contributed by atoms with van der Waals surface area (Å²) in [6.07, 6.45) is -1.79. The fourth-order valence-electron chi connectivity index (χ4n) is 3.74. The lowest BCUT2D eigenvalue weighted by molar-refractivity contribution is -0.192. The van der Waals surface area contributed by atoms with Crippen LogP contribution in [0.5, 0.6) is 0 Å². The van der Waals surface area contributed by atoms with Gasteiger partial charge in [-0.1, -0.05) is 24.3 Å². The summed E-state index contributed by atoms with van der Waals surface area (Å²) < 4.78 is 37.3. The van der Waals surface area contributed by atoms with Crippen LogP contribution in [-0.2, 0) is 27.2 Å². The van der Waals surface area contributed by atoms with Crippen LogP contribution in [0.4, 0.5) is 13.2 Å². The Morgan fingerprint density at radius 2 is 1.90 bits per heavy atom. The van der Waals surface area contributed by atoms with Crippen LogP contribution < -0.4 is 0 Å². The first-order valence-electron chi connectivity index (χ1n) is 10.0. The third kappa shape index (κ3) is 5.43. The Morgan fingerprint density at radius 3 is 2.52 bits per heavy atom. The van der Waals surface area contributed by atoms with E-state index in [1.807, 2.05) is 17.0 Å². The molecule has 1 amide bonds. The van der Waals surface area contributed by atoms with Crippen LogP contribution >= 0.6 is 0 Å². The number of nitrogens with one attached hydrogen (secondary N) is 1. The van der Waals surface area contributed by atoms with Gasteiger partial charge in [0, 0.05) is 42.9 Å². The molecule has 2 N–H and O–H groups in total. The predicted octanol–water partition coefficient (Wildman–Crippen LogP) is 3.12. The largest absolute Gasteiger partial charge is 0.490 e. The number of hydrogen-bond donors (Lipinski definition) is 2. The molecule has 0 unspecified atom stereocenters. The highest BCUT2D eigenvalue weighted by Crippen LogP contribution is 2.29. The molecule has 1 aromatic carbocycles. The molecule has 0 bridgehead atoms. The minimum Gasteiger partial charge on any atom is -0.475 e. The van der Waals surface area contributed by atoms with Crippen molar-refractivity contribution < 1.29 is 32.6 Å². The van der Waals surface area contributed by atoms with Crippen LogP contribution in [0, 0.1) is 6.92 Å². The average Bonchev–Trinajstić information content (AvgIpc) is 3.34. The number of halogens is 3. The molecule has 168 valence electrons. The molecule has 0 radical (unpaired) electrons. The molecule has 3 heterocycles. The van der Waals surface area contributed by atoms with Gasteiger partial charge in [0.1, 0.15) is 6.10 Å². The van der Waals surface area contributed by atoms with Crippen molar-refractivity contribution in [1.82, 2.24) is 15.1 Å². The van der Waals surface area contributed by atoms with E-state index < -0.39 is 12.1 Å². The van der Waals surface area contributed by atoms with Crippen LogP contribution in [0.2, 0.25) is 0 Å². The molecular formula is C21H24F3N3O4. The Bertz CT molecular complexity index is 936. The number of aromatic amines is 1. The molecule has 2 aliphatic rings. The van der Waals surface area contributed by atoms with Gasteiger partial charge in [0.15, 0.2) is 0 Å². The zero-order valence-electron chi connectivity index (χ0n) is 17.0. The van der Waals surface area contributed by atoms with Crippen LogP contribution in [-0.4, -0.2) is 64.1 Å². The number of benzene rings is 1. The van der Waals surface area contributed by atoms with Crippen LogP contribution in [0.3, 0.4) is 0 Å². The first kappa shape index (κ1) is 22.8. The fourth-order valence-corrected chi connectivity index (χ4v) is 3.74. The van der Waals surface area contributed by atoms with Gasteiger partial charge in [0.05, 0.1) is 5.69 Å². The second-order valence-corrected chi connectivity index (χ2v) is 7.47. The number of hydrogen-bond acceptors (Lipinski definition) is 4. The number of amides is 1. The molecule has 7 nitrogen and oxygen atoms in total. The Balaban J connectivity index is 0.000000339. The second-order valence-electron chi connectivity index (χ2n) is 7.47. The number of carbonyl (C=O) groups excluding carboxylic acids is 1. The maximum atomic E-state index is 12.6. The summed E-state index contributed by atoms with van der Waals surface area (Å²) in [4.78, 5) is 23.5. The summed E-state index contributed by atoms with van der Waals surface area (Å²) >= 11 is 0. The van der Waals surface area contributed by atoms with E-state index in [9.17, 15) is 18.0 Å². The maximum Gasteiger partial charge on any atom is 0.490 e. The maximum absolute atomic E-state index is 12.6. The van der Waals surface area contributed by atoms with Crippen LogP contribution in [0.1, 0.15) is 29.7 Å². The molecule has 0 spiro atoms. The summed E-state index contributed by atoms with van der Waals surface area (Å²) in [5.74, 6) is -2.60. The van der Waals surface area contributed by atoms with Crippen molar-refractivity contribution in [3.05, 3.63) is 41.1 Å². The van der Waals surface area contributed by atoms with E-state index in [1.54, 1.807) is 0 Å². The van der Waals surface area contributed by atoms with E-state index in [2.05, 4.69) is 29.3 Å². The Labute approximate surface area is 177 Å². The first-order chi connectivity index (χ1) is 14.7. The molecular weight excluding hydrogens is 415 g/mol. The topological polar surface area (TPSA) is 95.5 Å². The standard InChI is InChI=1S/C19H23N3O2.C2HF3O2/c1-13-5-2-3-6-14(13)18-15-8-10-22(11-9-16(15)20-21-18)19(23)17-7-4-12-24-17;3-2(4,5)1(6)7/h2-3,5-6,17H,4,7-12H2,1H3,(H,20,21);(H,6,7)/t17-;/m1./s1. The van der Waals surface area contributed by atoms with E-state index >= 15 is 0 Å². The SMILES string of the molecule is Cc1ccccc1-c1n[nH]c2c1CCN(C(=O)[C@H]1CCCO1)CC2.O=C(O)C(F)(F)F. The molecule has 0 aliphatic carbocycles. The van der Waals surface area contributed by atoms with Crippen molar-refractivity contribution in [3.8, 4) is 11.3 Å². The average molecular weight is 439 g/mol. The van der Waals surface area contributed by atoms with Gasteiger partial charge in [-0.15, -0.1) is 0 Å². The van der Waals surface area contributed by atoms with Gasteiger partial charge in [-0.3, -0.25) is 9.89 Å². The summed E-state index contributed by atoms with van der Waals surface area (Å²) in [7, 11) is 0. The van der Waals surface area contributed by atoms with E-state index in [0.29, 0.717) is 6.61 Å². The van der Waals surface area contributed by atoms with Gasteiger partial charge < -0.3 is 14.7 Å². The second kappa shape index (κ2) is 9.51. The number of alkyl halides is 3. The Morgan fingerprint density at radius 1 is 1.23 bits per heavy atom. The third-order valence-corrected chi connectivity index (χ3v) is 5.38. The van der Waals surface area contributed by atoms with E-state index in [-0.39, 0.29) is 12.0 Å². The first-order valence-corrected chi connectivity index (χ1v) is 10.0. The molecule has 1 atom stereocenters. The molecule has 2 aliphatic heterocycles. The molecule has 10 heteroatoms. The number of aliphatic carboxylic acids is 1. The molecule has 2 aromatic rings. The van der Waals surface area contributed by atoms with E-state index in [0.717, 1.165) is 50.2 Å². The molecule has 0 saturated carbocycles. The number of H-pyrrole nitrogens is 1. The van der Waals surface area contributed by atoms with Crippen molar-refractivity contribution in [2.24, 2.45) is 0 Å². The van der Waals surface area contributed by atoms with Crippen molar-refractivity contribution in [1.29, 1.82) is 0 Å². The van der Waals surface area contributed by atoms with Crippen LogP contribution in [0.25, 0.3) is 11.3 Å². The zero-order chi connectivity index (χ0) is 22.6. The monoisotopic (exact) mass is 439 g/mol. The Hall–Kier alpha value is -2.88. The minimum atomic E-state index is -5.08. The molecule has 1 aromatic heterocycles. The molecule has 4 rings (SSSR count). The third-order valence-electron chi connectivity index (χ3n) is 5.38. The zero-order valence-corrected chi connectivity index (χ0v) is 17.0. The highest BCUT2D eigenvalue weighted by Gasteiger charge is 2.38.